The van der Waals surface area contributed by atoms with Crippen molar-refractivity contribution in [2.24, 2.45) is 0 Å². The summed E-state index contributed by atoms with van der Waals surface area (Å²) < 4.78 is 0. The minimum absolute atomic E-state index is 0.0785. The third kappa shape index (κ3) is 3.51. The second kappa shape index (κ2) is 6.41. The van der Waals surface area contributed by atoms with E-state index in [1.54, 1.807) is 18.3 Å². The van der Waals surface area contributed by atoms with Crippen molar-refractivity contribution >= 4 is 23.2 Å². The Morgan fingerprint density at radius 2 is 1.92 bits per heavy atom. The van der Waals surface area contributed by atoms with Crippen molar-refractivity contribution in [3.05, 3.63) is 57.9 Å². The highest BCUT2D eigenvalue weighted by molar-refractivity contribution is 5.99. The van der Waals surface area contributed by atoms with Crippen molar-refractivity contribution in [3.8, 4) is 0 Å². The molecular weight excluding hydrogens is 314 g/mol. The molecule has 1 fully saturated rings. The van der Waals surface area contributed by atoms with Gasteiger partial charge in [-0.05, 0) is 37.1 Å². The molecule has 24 heavy (non-hydrogen) atoms. The number of nitro groups is 1. The Labute approximate surface area is 136 Å². The summed E-state index contributed by atoms with van der Waals surface area (Å²) in [5.41, 5.74) is 5.03. The molecule has 0 unspecified atom stereocenters. The Morgan fingerprint density at radius 1 is 1.17 bits per heavy atom. The van der Waals surface area contributed by atoms with Crippen molar-refractivity contribution in [2.75, 3.05) is 5.32 Å². The minimum atomic E-state index is -0.643. The fourth-order valence-corrected chi connectivity index (χ4v) is 2.12. The number of nitrogens with zero attached hydrogens (tertiary/aromatic N) is 1. The van der Waals surface area contributed by atoms with Gasteiger partial charge in [-0.15, -0.1) is 0 Å². The lowest BCUT2D eigenvalue weighted by Crippen LogP contribution is -2.41. The van der Waals surface area contributed by atoms with Gasteiger partial charge in [0.15, 0.2) is 0 Å². The van der Waals surface area contributed by atoms with Crippen molar-refractivity contribution in [1.82, 2.24) is 15.8 Å². The second-order valence-electron chi connectivity index (χ2n) is 5.40. The molecule has 0 spiro atoms. The number of rotatable bonds is 5. The van der Waals surface area contributed by atoms with E-state index >= 15 is 0 Å². The van der Waals surface area contributed by atoms with E-state index < -0.39 is 16.7 Å². The van der Waals surface area contributed by atoms with Gasteiger partial charge in [0, 0.05) is 23.9 Å². The molecule has 1 saturated carbocycles. The summed E-state index contributed by atoms with van der Waals surface area (Å²) in [5.74, 6) is -1.16. The lowest BCUT2D eigenvalue weighted by atomic mass is 10.1. The fraction of sp³-hybridized carbons (Fsp3) is 0.200. The minimum Gasteiger partial charge on any atom is -0.377 e. The number of hydrogen-bond donors (Lipinski definition) is 4. The van der Waals surface area contributed by atoms with E-state index in [2.05, 4.69) is 21.2 Å². The van der Waals surface area contributed by atoms with Gasteiger partial charge < -0.3 is 10.3 Å². The maximum absolute atomic E-state index is 12.1. The third-order valence-corrected chi connectivity index (χ3v) is 3.53. The van der Waals surface area contributed by atoms with Crippen LogP contribution in [0.25, 0.3) is 0 Å². The Kier molecular flexibility index (Phi) is 4.15. The number of hydrogen-bond acceptors (Lipinski definition) is 5. The Morgan fingerprint density at radius 3 is 2.54 bits per heavy atom. The zero-order valence-corrected chi connectivity index (χ0v) is 12.5. The first kappa shape index (κ1) is 15.5. The molecule has 4 N–H and O–H groups in total. The molecule has 1 heterocycles. The van der Waals surface area contributed by atoms with Gasteiger partial charge in [0.2, 0.25) is 0 Å². The van der Waals surface area contributed by atoms with Gasteiger partial charge in [0.25, 0.3) is 17.5 Å². The Hall–Kier alpha value is -3.36. The van der Waals surface area contributed by atoms with E-state index in [0.29, 0.717) is 5.69 Å². The Balaban J connectivity index is 1.68. The predicted octanol–water partition coefficient (Wildman–Crippen LogP) is 1.57. The van der Waals surface area contributed by atoms with Crippen LogP contribution in [-0.4, -0.2) is 27.8 Å². The van der Waals surface area contributed by atoms with Crippen molar-refractivity contribution in [1.29, 1.82) is 0 Å². The maximum Gasteiger partial charge on any atom is 0.293 e. The van der Waals surface area contributed by atoms with Crippen LogP contribution in [-0.2, 0) is 0 Å². The highest BCUT2D eigenvalue weighted by Gasteiger charge is 2.25. The highest BCUT2D eigenvalue weighted by atomic mass is 16.6. The lowest BCUT2D eigenvalue weighted by Gasteiger charge is -2.09. The summed E-state index contributed by atoms with van der Waals surface area (Å²) in [6, 6.07) is 7.59. The first-order valence-electron chi connectivity index (χ1n) is 7.33. The highest BCUT2D eigenvalue weighted by Crippen LogP contribution is 2.31. The van der Waals surface area contributed by atoms with Gasteiger partial charge >= 0.3 is 0 Å². The van der Waals surface area contributed by atoms with Crippen molar-refractivity contribution in [2.45, 2.75) is 18.9 Å². The average molecular weight is 329 g/mol. The van der Waals surface area contributed by atoms with E-state index in [4.69, 9.17) is 0 Å². The number of benzene rings is 1. The molecule has 1 aromatic carbocycles. The summed E-state index contributed by atoms with van der Waals surface area (Å²) in [6.07, 6.45) is 3.53. The number of aromatic amines is 1. The van der Waals surface area contributed by atoms with Crippen LogP contribution in [0.15, 0.2) is 36.5 Å². The molecular formula is C15H15N5O4. The molecule has 3 rings (SSSR count). The first-order valence-corrected chi connectivity index (χ1v) is 7.33. The van der Waals surface area contributed by atoms with Crippen molar-refractivity contribution in [3.63, 3.8) is 0 Å². The summed E-state index contributed by atoms with van der Waals surface area (Å²) in [4.78, 5) is 37.1. The molecule has 2 amide bonds. The molecule has 0 radical (unpaired) electrons. The molecule has 2 aromatic rings. The average Bonchev–Trinajstić information content (AvgIpc) is 3.21. The number of amides is 2. The maximum atomic E-state index is 12.1. The molecule has 1 aromatic heterocycles. The summed E-state index contributed by atoms with van der Waals surface area (Å²) in [6.45, 7) is 0. The van der Waals surface area contributed by atoms with E-state index in [1.807, 2.05) is 0 Å². The van der Waals surface area contributed by atoms with Gasteiger partial charge in [0.1, 0.15) is 11.4 Å². The third-order valence-electron chi connectivity index (χ3n) is 3.53. The number of nitro benzene ring substituents is 1. The number of anilines is 1. The predicted molar refractivity (Wildman–Crippen MR) is 85.5 cm³/mol. The van der Waals surface area contributed by atoms with Crippen LogP contribution in [0.2, 0.25) is 0 Å². The monoisotopic (exact) mass is 329 g/mol. The topological polar surface area (TPSA) is 129 Å². The second-order valence-corrected chi connectivity index (χ2v) is 5.40. The number of carbonyl (C=O) groups excluding carboxylic acids is 2. The van der Waals surface area contributed by atoms with Crippen LogP contribution in [0.5, 0.6) is 0 Å². The van der Waals surface area contributed by atoms with Gasteiger partial charge in [0.05, 0.1) is 4.92 Å². The SMILES string of the molecule is O=C(NNC(=O)c1ccc[nH]1)c1ccc(NC2CC2)c([N+](=O)[O-])c1. The van der Waals surface area contributed by atoms with E-state index in [-0.39, 0.29) is 23.0 Å². The standard InChI is InChI=1S/C15H15N5O4/c21-14(18-19-15(22)12-2-1-7-16-12)9-3-6-11(17-10-4-5-10)13(8-9)20(23)24/h1-3,6-8,10,16-17H,4-5H2,(H,18,21)(H,19,22). The number of hydrazine groups is 1. The van der Waals surface area contributed by atoms with Crippen LogP contribution in [0, 0.1) is 10.1 Å². The molecule has 0 aliphatic heterocycles. The van der Waals surface area contributed by atoms with Crippen LogP contribution in [0.4, 0.5) is 11.4 Å². The smallest absolute Gasteiger partial charge is 0.293 e. The first-order chi connectivity index (χ1) is 11.5. The molecule has 1 aliphatic carbocycles. The van der Waals surface area contributed by atoms with E-state index in [0.717, 1.165) is 12.8 Å². The molecule has 9 nitrogen and oxygen atoms in total. The van der Waals surface area contributed by atoms with E-state index in [1.165, 1.54) is 18.2 Å². The summed E-state index contributed by atoms with van der Waals surface area (Å²) in [7, 11) is 0. The lowest BCUT2D eigenvalue weighted by molar-refractivity contribution is -0.384. The number of aromatic nitrogens is 1. The zero-order chi connectivity index (χ0) is 17.1. The largest absolute Gasteiger partial charge is 0.377 e. The fourth-order valence-electron chi connectivity index (χ4n) is 2.12. The zero-order valence-electron chi connectivity index (χ0n) is 12.5. The van der Waals surface area contributed by atoms with Gasteiger partial charge in [-0.25, -0.2) is 0 Å². The molecule has 124 valence electrons. The van der Waals surface area contributed by atoms with Crippen LogP contribution < -0.4 is 16.2 Å². The normalized spacial score (nSPS) is 13.2. The van der Waals surface area contributed by atoms with E-state index in [9.17, 15) is 19.7 Å². The summed E-state index contributed by atoms with van der Waals surface area (Å²) in [5, 5.41) is 14.2. The van der Waals surface area contributed by atoms with Crippen molar-refractivity contribution < 1.29 is 14.5 Å². The molecule has 9 heteroatoms. The van der Waals surface area contributed by atoms with Gasteiger partial charge in [-0.2, -0.15) is 0 Å². The Bertz CT molecular complexity index is 783. The quantitative estimate of drug-likeness (QED) is 0.489. The summed E-state index contributed by atoms with van der Waals surface area (Å²) >= 11 is 0. The molecule has 0 saturated heterocycles. The molecule has 0 bridgehead atoms. The van der Waals surface area contributed by atoms with Crippen LogP contribution in [0.1, 0.15) is 33.7 Å². The van der Waals surface area contributed by atoms with Gasteiger partial charge in [-0.1, -0.05) is 0 Å². The van der Waals surface area contributed by atoms with Crippen LogP contribution in [0.3, 0.4) is 0 Å². The van der Waals surface area contributed by atoms with Crippen LogP contribution >= 0.6 is 0 Å². The molecule has 1 aliphatic rings. The van der Waals surface area contributed by atoms with Gasteiger partial charge in [-0.3, -0.25) is 30.6 Å². The number of carbonyl (C=O) groups is 2. The number of nitrogens with one attached hydrogen (secondary N) is 4. The molecule has 0 atom stereocenters. The number of H-pyrrole nitrogens is 1.